The highest BCUT2D eigenvalue weighted by Gasteiger charge is 2.15. The van der Waals surface area contributed by atoms with Gasteiger partial charge in [0.2, 0.25) is 0 Å². The molecule has 0 aliphatic carbocycles. The van der Waals surface area contributed by atoms with Crippen LogP contribution >= 0.6 is 11.3 Å². The van der Waals surface area contributed by atoms with Gasteiger partial charge in [-0.3, -0.25) is 14.9 Å². The summed E-state index contributed by atoms with van der Waals surface area (Å²) in [5.41, 5.74) is 0.450. The number of nitrogens with one attached hydrogen (secondary N) is 1. The molecule has 1 aromatic carbocycles. The Morgan fingerprint density at radius 1 is 1.52 bits per heavy atom. The minimum Gasteiger partial charge on any atom is -0.466 e. The summed E-state index contributed by atoms with van der Waals surface area (Å²) >= 11 is 1.32. The Hall–Kier alpha value is -2.55. The first-order chi connectivity index (χ1) is 11.0. The highest BCUT2D eigenvalue weighted by molar-refractivity contribution is 7.09. The van der Waals surface area contributed by atoms with Crippen molar-refractivity contribution in [3.05, 3.63) is 50.2 Å². The summed E-state index contributed by atoms with van der Waals surface area (Å²) in [4.78, 5) is 25.9. The number of carbonyl (C=O) groups excluding carboxylic acids is 1. The number of nitro benzene ring substituents is 1. The highest BCUT2D eigenvalue weighted by Crippen LogP contribution is 2.25. The number of ether oxygens (including phenoxy) is 1. The molecule has 0 bridgehead atoms. The summed E-state index contributed by atoms with van der Waals surface area (Å²) in [6.07, 6.45) is 0.0844. The van der Waals surface area contributed by atoms with Crippen molar-refractivity contribution in [2.24, 2.45) is 0 Å². The molecule has 0 amide bonds. The van der Waals surface area contributed by atoms with Crippen LogP contribution in [-0.4, -0.2) is 22.5 Å². The van der Waals surface area contributed by atoms with Crippen molar-refractivity contribution in [3.63, 3.8) is 0 Å². The molecule has 1 aromatic heterocycles. The van der Waals surface area contributed by atoms with Crippen LogP contribution in [-0.2, 0) is 22.5 Å². The van der Waals surface area contributed by atoms with Gasteiger partial charge in [-0.1, -0.05) is 0 Å². The summed E-state index contributed by atoms with van der Waals surface area (Å²) in [5.74, 6) is -1.03. The molecule has 9 heteroatoms. The summed E-state index contributed by atoms with van der Waals surface area (Å²) < 4.78 is 17.9. The van der Waals surface area contributed by atoms with Crippen LogP contribution in [0.5, 0.6) is 0 Å². The van der Waals surface area contributed by atoms with E-state index in [0.717, 1.165) is 12.1 Å². The summed E-state index contributed by atoms with van der Waals surface area (Å²) in [7, 11) is 0. The number of benzene rings is 1. The summed E-state index contributed by atoms with van der Waals surface area (Å²) in [6, 6.07) is 3.31. The average Bonchev–Trinajstić information content (AvgIpc) is 2.93. The molecule has 23 heavy (non-hydrogen) atoms. The normalized spacial score (nSPS) is 10.3. The van der Waals surface area contributed by atoms with Crippen molar-refractivity contribution in [3.8, 4) is 0 Å². The Balaban J connectivity index is 2.00. The van der Waals surface area contributed by atoms with E-state index >= 15 is 0 Å². The van der Waals surface area contributed by atoms with Gasteiger partial charge < -0.3 is 10.1 Å². The van der Waals surface area contributed by atoms with E-state index in [-0.39, 0.29) is 30.3 Å². The summed E-state index contributed by atoms with van der Waals surface area (Å²) in [5, 5.41) is 16.1. The van der Waals surface area contributed by atoms with E-state index in [9.17, 15) is 19.3 Å². The third-order valence-corrected chi connectivity index (χ3v) is 3.71. The zero-order chi connectivity index (χ0) is 16.8. The molecule has 0 unspecified atom stereocenters. The maximum Gasteiger partial charge on any atom is 0.311 e. The number of halogens is 1. The lowest BCUT2D eigenvalue weighted by atomic mass is 10.2. The number of carbonyl (C=O) groups is 1. The van der Waals surface area contributed by atoms with Gasteiger partial charge in [-0.2, -0.15) is 0 Å². The van der Waals surface area contributed by atoms with Crippen molar-refractivity contribution in [2.45, 2.75) is 19.9 Å². The molecule has 122 valence electrons. The predicted molar refractivity (Wildman–Crippen MR) is 82.8 cm³/mol. The van der Waals surface area contributed by atoms with Crippen LogP contribution in [0.2, 0.25) is 0 Å². The highest BCUT2D eigenvalue weighted by atomic mass is 32.1. The molecule has 7 nitrogen and oxygen atoms in total. The van der Waals surface area contributed by atoms with Gasteiger partial charge in [-0.05, 0) is 19.1 Å². The molecule has 2 aromatic rings. The number of aromatic nitrogens is 1. The first-order valence-corrected chi connectivity index (χ1v) is 7.64. The van der Waals surface area contributed by atoms with E-state index < -0.39 is 10.7 Å². The largest absolute Gasteiger partial charge is 0.466 e. The average molecular weight is 339 g/mol. The zero-order valence-electron chi connectivity index (χ0n) is 12.2. The molecular weight excluding hydrogens is 325 g/mol. The van der Waals surface area contributed by atoms with Crippen molar-refractivity contribution >= 4 is 28.7 Å². The third-order valence-electron chi connectivity index (χ3n) is 2.82. The van der Waals surface area contributed by atoms with Gasteiger partial charge >= 0.3 is 5.97 Å². The monoisotopic (exact) mass is 339 g/mol. The van der Waals surface area contributed by atoms with Crippen LogP contribution in [0.4, 0.5) is 15.8 Å². The first-order valence-electron chi connectivity index (χ1n) is 6.76. The smallest absolute Gasteiger partial charge is 0.311 e. The molecule has 0 radical (unpaired) electrons. The third kappa shape index (κ3) is 4.71. The molecule has 0 atom stereocenters. The molecule has 1 N–H and O–H groups in total. The second-order valence-corrected chi connectivity index (χ2v) is 5.43. The van der Waals surface area contributed by atoms with E-state index in [0.29, 0.717) is 17.3 Å². The number of nitrogens with zero attached hydrogens (tertiary/aromatic N) is 2. The topological polar surface area (TPSA) is 94.4 Å². The van der Waals surface area contributed by atoms with Gasteiger partial charge in [0.1, 0.15) is 16.5 Å². The van der Waals surface area contributed by atoms with Gasteiger partial charge in [-0.25, -0.2) is 9.37 Å². The van der Waals surface area contributed by atoms with Crippen LogP contribution in [0.1, 0.15) is 17.6 Å². The maximum atomic E-state index is 13.1. The fourth-order valence-electron chi connectivity index (χ4n) is 1.85. The van der Waals surface area contributed by atoms with E-state index in [4.69, 9.17) is 4.74 Å². The fraction of sp³-hybridized carbons (Fsp3) is 0.286. The molecule has 0 saturated carbocycles. The van der Waals surface area contributed by atoms with Crippen molar-refractivity contribution in [2.75, 3.05) is 11.9 Å². The second-order valence-electron chi connectivity index (χ2n) is 4.49. The maximum absolute atomic E-state index is 13.1. The second kappa shape index (κ2) is 7.63. The van der Waals surface area contributed by atoms with E-state index in [2.05, 4.69) is 10.3 Å². The zero-order valence-corrected chi connectivity index (χ0v) is 13.1. The molecule has 0 aliphatic heterocycles. The van der Waals surface area contributed by atoms with E-state index in [1.54, 1.807) is 12.3 Å². The lowest BCUT2D eigenvalue weighted by Crippen LogP contribution is -2.08. The van der Waals surface area contributed by atoms with Crippen molar-refractivity contribution in [1.29, 1.82) is 0 Å². The van der Waals surface area contributed by atoms with Gasteiger partial charge in [0.15, 0.2) is 0 Å². The Bertz CT molecular complexity index is 720. The lowest BCUT2D eigenvalue weighted by Gasteiger charge is -2.05. The van der Waals surface area contributed by atoms with Crippen LogP contribution in [0.3, 0.4) is 0 Å². The van der Waals surface area contributed by atoms with Crippen LogP contribution in [0.15, 0.2) is 23.6 Å². The Morgan fingerprint density at radius 2 is 2.30 bits per heavy atom. The van der Waals surface area contributed by atoms with Crippen molar-refractivity contribution < 1.29 is 18.8 Å². The van der Waals surface area contributed by atoms with Crippen molar-refractivity contribution in [1.82, 2.24) is 4.98 Å². The van der Waals surface area contributed by atoms with E-state index in [1.165, 1.54) is 17.4 Å². The minimum atomic E-state index is -0.673. The van der Waals surface area contributed by atoms with Crippen LogP contribution < -0.4 is 5.32 Å². The molecule has 0 aliphatic rings. The standard InChI is InChI=1S/C14H14FN3O4S/c1-2-22-14(19)6-10-8-23-13(17-10)7-16-11-4-3-9(15)5-12(11)18(20)21/h3-5,8,16H,2,6-7H2,1H3. The lowest BCUT2D eigenvalue weighted by molar-refractivity contribution is -0.384. The number of hydrogen-bond acceptors (Lipinski definition) is 7. The quantitative estimate of drug-likeness (QED) is 0.473. The molecule has 0 fully saturated rings. The van der Waals surface area contributed by atoms with Gasteiger partial charge in [0.05, 0.1) is 36.3 Å². The molecular formula is C14H14FN3O4S. The Labute approximate surface area is 135 Å². The SMILES string of the molecule is CCOC(=O)Cc1csc(CNc2ccc(F)cc2[N+](=O)[O-])n1. The number of nitro groups is 1. The molecule has 0 spiro atoms. The Morgan fingerprint density at radius 3 is 3.00 bits per heavy atom. The van der Waals surface area contributed by atoms with Gasteiger partial charge in [-0.15, -0.1) is 11.3 Å². The number of hydrogen-bond donors (Lipinski definition) is 1. The minimum absolute atomic E-state index is 0.0844. The molecule has 0 saturated heterocycles. The first kappa shape index (κ1) is 16.8. The predicted octanol–water partition coefficient (Wildman–Crippen LogP) is 2.91. The number of thiazole rings is 1. The fourth-order valence-corrected chi connectivity index (χ4v) is 2.58. The van der Waals surface area contributed by atoms with E-state index in [1.807, 2.05) is 0 Å². The molecule has 1 heterocycles. The number of anilines is 1. The van der Waals surface area contributed by atoms with Gasteiger partial charge in [0, 0.05) is 5.38 Å². The van der Waals surface area contributed by atoms with Crippen LogP contribution in [0.25, 0.3) is 0 Å². The van der Waals surface area contributed by atoms with Crippen LogP contribution in [0, 0.1) is 15.9 Å². The Kier molecular flexibility index (Phi) is 5.58. The molecule has 2 rings (SSSR count). The number of esters is 1. The number of rotatable bonds is 7. The van der Waals surface area contributed by atoms with Gasteiger partial charge in [0.25, 0.3) is 5.69 Å². The summed E-state index contributed by atoms with van der Waals surface area (Å²) in [6.45, 7) is 2.27.